The van der Waals surface area contributed by atoms with Gasteiger partial charge in [-0.25, -0.2) is 0 Å². The SMILES string of the molecule is Cc1cccc(-n2c(CCc3ccccc3)n[nH]c2=S)c1C. The molecule has 0 aliphatic carbocycles. The van der Waals surface area contributed by atoms with Gasteiger partial charge in [-0.15, -0.1) is 0 Å². The third-order valence-electron chi connectivity index (χ3n) is 4.04. The van der Waals surface area contributed by atoms with Crippen molar-refractivity contribution in [2.75, 3.05) is 0 Å². The van der Waals surface area contributed by atoms with Crippen LogP contribution in [0.15, 0.2) is 48.5 Å². The van der Waals surface area contributed by atoms with Gasteiger partial charge in [0.15, 0.2) is 4.77 Å². The summed E-state index contributed by atoms with van der Waals surface area (Å²) in [5, 5.41) is 7.36. The van der Waals surface area contributed by atoms with E-state index in [-0.39, 0.29) is 0 Å². The number of aromatic nitrogens is 3. The Labute approximate surface area is 135 Å². The molecule has 1 heterocycles. The minimum absolute atomic E-state index is 0.650. The van der Waals surface area contributed by atoms with E-state index in [2.05, 4.69) is 71.1 Å². The van der Waals surface area contributed by atoms with E-state index in [0.717, 1.165) is 24.4 Å². The average Bonchev–Trinajstić information content (AvgIpc) is 2.90. The first kappa shape index (κ1) is 14.7. The third kappa shape index (κ3) is 2.88. The van der Waals surface area contributed by atoms with Gasteiger partial charge in [-0.05, 0) is 55.2 Å². The summed E-state index contributed by atoms with van der Waals surface area (Å²) in [4.78, 5) is 0. The van der Waals surface area contributed by atoms with Crippen LogP contribution in [0.5, 0.6) is 0 Å². The number of nitrogens with zero attached hydrogens (tertiary/aromatic N) is 2. The molecule has 0 radical (unpaired) electrons. The van der Waals surface area contributed by atoms with Crippen molar-refractivity contribution in [3.63, 3.8) is 0 Å². The summed E-state index contributed by atoms with van der Waals surface area (Å²) >= 11 is 5.43. The Morgan fingerprint density at radius 3 is 2.55 bits per heavy atom. The summed E-state index contributed by atoms with van der Waals surface area (Å²) < 4.78 is 2.71. The van der Waals surface area contributed by atoms with Crippen LogP contribution >= 0.6 is 12.2 Å². The quantitative estimate of drug-likeness (QED) is 0.728. The fraction of sp³-hybridized carbons (Fsp3) is 0.222. The molecule has 3 nitrogen and oxygen atoms in total. The highest BCUT2D eigenvalue weighted by Crippen LogP contribution is 2.20. The first-order chi connectivity index (χ1) is 10.7. The van der Waals surface area contributed by atoms with E-state index in [0.29, 0.717) is 4.77 Å². The van der Waals surface area contributed by atoms with Crippen molar-refractivity contribution in [2.45, 2.75) is 26.7 Å². The number of hydrogen-bond acceptors (Lipinski definition) is 2. The van der Waals surface area contributed by atoms with Crippen molar-refractivity contribution in [2.24, 2.45) is 0 Å². The van der Waals surface area contributed by atoms with Crippen LogP contribution in [0, 0.1) is 18.6 Å². The lowest BCUT2D eigenvalue weighted by atomic mass is 10.1. The van der Waals surface area contributed by atoms with E-state index >= 15 is 0 Å². The second kappa shape index (κ2) is 6.28. The number of aryl methyl sites for hydroxylation is 3. The van der Waals surface area contributed by atoms with E-state index in [4.69, 9.17) is 12.2 Å². The first-order valence-electron chi connectivity index (χ1n) is 7.43. The minimum Gasteiger partial charge on any atom is -0.272 e. The summed E-state index contributed by atoms with van der Waals surface area (Å²) in [6.07, 6.45) is 1.80. The second-order valence-corrected chi connectivity index (χ2v) is 5.87. The molecule has 3 rings (SSSR count). The molecule has 112 valence electrons. The van der Waals surface area contributed by atoms with Gasteiger partial charge in [0.1, 0.15) is 5.82 Å². The van der Waals surface area contributed by atoms with E-state index in [1.165, 1.54) is 16.7 Å². The van der Waals surface area contributed by atoms with Gasteiger partial charge >= 0.3 is 0 Å². The smallest absolute Gasteiger partial charge is 0.199 e. The third-order valence-corrected chi connectivity index (χ3v) is 4.31. The molecule has 4 heteroatoms. The molecule has 0 unspecified atom stereocenters. The zero-order chi connectivity index (χ0) is 15.5. The minimum atomic E-state index is 0.650. The van der Waals surface area contributed by atoms with Gasteiger partial charge in [-0.1, -0.05) is 42.5 Å². The molecular formula is C18H19N3S. The lowest BCUT2D eigenvalue weighted by Gasteiger charge is -2.11. The standard InChI is InChI=1S/C18H19N3S/c1-13-7-6-10-16(14(13)2)21-17(19-20-18(21)22)12-11-15-8-4-3-5-9-15/h3-10H,11-12H2,1-2H3,(H,20,22). The van der Waals surface area contributed by atoms with Gasteiger partial charge in [-0.2, -0.15) is 5.10 Å². The average molecular weight is 309 g/mol. The van der Waals surface area contributed by atoms with Crippen molar-refractivity contribution in [1.82, 2.24) is 14.8 Å². The number of nitrogens with one attached hydrogen (secondary N) is 1. The fourth-order valence-corrected chi connectivity index (χ4v) is 2.87. The van der Waals surface area contributed by atoms with Crippen molar-refractivity contribution < 1.29 is 0 Å². The van der Waals surface area contributed by atoms with Gasteiger partial charge in [0.2, 0.25) is 0 Å². The Balaban J connectivity index is 1.94. The van der Waals surface area contributed by atoms with Crippen LogP contribution < -0.4 is 0 Å². The molecule has 2 aromatic carbocycles. The molecule has 0 bridgehead atoms. The zero-order valence-corrected chi connectivity index (χ0v) is 13.7. The number of benzene rings is 2. The number of aromatic amines is 1. The molecule has 1 N–H and O–H groups in total. The molecule has 0 aliphatic heterocycles. The van der Waals surface area contributed by atoms with Crippen molar-refractivity contribution in [1.29, 1.82) is 0 Å². The van der Waals surface area contributed by atoms with Crippen LogP contribution in [0.25, 0.3) is 5.69 Å². The predicted molar refractivity (Wildman–Crippen MR) is 92.1 cm³/mol. The van der Waals surface area contributed by atoms with Crippen molar-refractivity contribution >= 4 is 12.2 Å². The molecule has 0 saturated carbocycles. The van der Waals surface area contributed by atoms with Crippen LogP contribution in [0.4, 0.5) is 0 Å². The molecule has 0 aliphatic rings. The number of hydrogen-bond donors (Lipinski definition) is 1. The second-order valence-electron chi connectivity index (χ2n) is 5.49. The molecule has 22 heavy (non-hydrogen) atoms. The van der Waals surface area contributed by atoms with Crippen LogP contribution in [0.3, 0.4) is 0 Å². The largest absolute Gasteiger partial charge is 0.272 e. The monoisotopic (exact) mass is 309 g/mol. The maximum atomic E-state index is 5.43. The summed E-state index contributed by atoms with van der Waals surface area (Å²) in [6.45, 7) is 4.24. The summed E-state index contributed by atoms with van der Waals surface area (Å²) in [5.74, 6) is 0.975. The van der Waals surface area contributed by atoms with Crippen molar-refractivity contribution in [3.05, 3.63) is 75.8 Å². The van der Waals surface area contributed by atoms with Gasteiger partial charge in [0, 0.05) is 6.42 Å². The first-order valence-corrected chi connectivity index (χ1v) is 7.84. The maximum absolute atomic E-state index is 5.43. The predicted octanol–water partition coefficient (Wildman–Crippen LogP) is 4.33. The highest BCUT2D eigenvalue weighted by Gasteiger charge is 2.11. The summed E-state index contributed by atoms with van der Waals surface area (Å²) in [5.41, 5.74) is 4.92. The van der Waals surface area contributed by atoms with E-state index < -0.39 is 0 Å². The normalized spacial score (nSPS) is 10.8. The molecule has 0 atom stereocenters. The van der Waals surface area contributed by atoms with Crippen LogP contribution in [-0.4, -0.2) is 14.8 Å². The van der Waals surface area contributed by atoms with Gasteiger partial charge in [-0.3, -0.25) is 9.67 Å². The molecule has 0 amide bonds. The van der Waals surface area contributed by atoms with E-state index in [1.54, 1.807) is 0 Å². The molecule has 0 saturated heterocycles. The molecule has 0 spiro atoms. The number of H-pyrrole nitrogens is 1. The fourth-order valence-electron chi connectivity index (χ4n) is 2.62. The van der Waals surface area contributed by atoms with Gasteiger partial charge < -0.3 is 0 Å². The number of rotatable bonds is 4. The van der Waals surface area contributed by atoms with Crippen LogP contribution in [0.1, 0.15) is 22.5 Å². The Kier molecular flexibility index (Phi) is 4.20. The van der Waals surface area contributed by atoms with E-state index in [9.17, 15) is 0 Å². The summed E-state index contributed by atoms with van der Waals surface area (Å²) in [7, 11) is 0. The molecule has 1 aromatic heterocycles. The Morgan fingerprint density at radius 1 is 1.00 bits per heavy atom. The highest BCUT2D eigenvalue weighted by atomic mass is 32.1. The highest BCUT2D eigenvalue weighted by molar-refractivity contribution is 7.71. The molecule has 0 fully saturated rings. The Bertz CT molecular complexity index is 831. The maximum Gasteiger partial charge on any atom is 0.199 e. The molecule has 3 aromatic rings. The molecular weight excluding hydrogens is 290 g/mol. The Morgan fingerprint density at radius 2 is 1.77 bits per heavy atom. The van der Waals surface area contributed by atoms with Gasteiger partial charge in [0.25, 0.3) is 0 Å². The lowest BCUT2D eigenvalue weighted by Crippen LogP contribution is -2.05. The van der Waals surface area contributed by atoms with Crippen molar-refractivity contribution in [3.8, 4) is 5.69 Å². The van der Waals surface area contributed by atoms with Crippen LogP contribution in [-0.2, 0) is 12.8 Å². The van der Waals surface area contributed by atoms with Gasteiger partial charge in [0.05, 0.1) is 5.69 Å². The zero-order valence-electron chi connectivity index (χ0n) is 12.8. The van der Waals surface area contributed by atoms with E-state index in [1.807, 2.05) is 6.07 Å². The summed E-state index contributed by atoms with van der Waals surface area (Å²) in [6, 6.07) is 16.7. The Hall–Kier alpha value is -2.20. The topological polar surface area (TPSA) is 33.6 Å². The lowest BCUT2D eigenvalue weighted by molar-refractivity contribution is 0.817. The van der Waals surface area contributed by atoms with Crippen LogP contribution in [0.2, 0.25) is 0 Å².